The van der Waals surface area contributed by atoms with Gasteiger partial charge in [0.15, 0.2) is 0 Å². The highest BCUT2D eigenvalue weighted by molar-refractivity contribution is 6.04. The van der Waals surface area contributed by atoms with Crippen LogP contribution in [0.2, 0.25) is 0 Å². The lowest BCUT2D eigenvalue weighted by molar-refractivity contribution is -0.137. The fourth-order valence-electron chi connectivity index (χ4n) is 2.34. The Hall–Kier alpha value is -2.90. The Bertz CT molecular complexity index is 884. The Labute approximate surface area is 135 Å². The molecule has 3 aromatic heterocycles. The Morgan fingerprint density at radius 1 is 1.25 bits per heavy atom. The molecule has 1 amide bonds. The summed E-state index contributed by atoms with van der Waals surface area (Å²) in [6, 6.07) is 7.34. The SMILES string of the molecule is CCc1nc2ccccn2c1C(=O)Nc1ccc(C(F)(F)F)cn1. The molecule has 0 unspecified atom stereocenters. The minimum atomic E-state index is -4.47. The molecule has 0 atom stereocenters. The number of hydrogen-bond acceptors (Lipinski definition) is 3. The number of anilines is 1. The van der Waals surface area contributed by atoms with Gasteiger partial charge in [0.2, 0.25) is 0 Å². The molecule has 0 aliphatic heterocycles. The zero-order valence-electron chi connectivity index (χ0n) is 12.6. The van der Waals surface area contributed by atoms with Crippen molar-refractivity contribution in [2.75, 3.05) is 5.32 Å². The summed E-state index contributed by atoms with van der Waals surface area (Å²) >= 11 is 0. The number of hydrogen-bond donors (Lipinski definition) is 1. The summed E-state index contributed by atoms with van der Waals surface area (Å²) in [5, 5.41) is 2.51. The summed E-state index contributed by atoms with van der Waals surface area (Å²) in [6.45, 7) is 1.87. The van der Waals surface area contributed by atoms with Gasteiger partial charge in [-0.2, -0.15) is 13.2 Å². The van der Waals surface area contributed by atoms with Gasteiger partial charge in [-0.15, -0.1) is 0 Å². The van der Waals surface area contributed by atoms with Crippen LogP contribution in [0.15, 0.2) is 42.7 Å². The smallest absolute Gasteiger partial charge is 0.305 e. The number of carbonyl (C=O) groups is 1. The lowest BCUT2D eigenvalue weighted by Crippen LogP contribution is -2.17. The lowest BCUT2D eigenvalue weighted by atomic mass is 10.2. The fourth-order valence-corrected chi connectivity index (χ4v) is 2.34. The summed E-state index contributed by atoms with van der Waals surface area (Å²) in [5.74, 6) is -0.432. The predicted octanol–water partition coefficient (Wildman–Crippen LogP) is 3.56. The Morgan fingerprint density at radius 2 is 2.04 bits per heavy atom. The summed E-state index contributed by atoms with van der Waals surface area (Å²) in [7, 11) is 0. The second-order valence-electron chi connectivity index (χ2n) is 5.07. The minimum absolute atomic E-state index is 0.0425. The third-order valence-corrected chi connectivity index (χ3v) is 3.48. The van der Waals surface area contributed by atoms with Crippen LogP contribution in [0, 0.1) is 0 Å². The lowest BCUT2D eigenvalue weighted by Gasteiger charge is -2.08. The number of imidazole rings is 1. The number of aromatic nitrogens is 3. The van der Waals surface area contributed by atoms with E-state index >= 15 is 0 Å². The number of carbonyl (C=O) groups excluding carboxylic acids is 1. The molecule has 0 saturated carbocycles. The maximum atomic E-state index is 12.5. The van der Waals surface area contributed by atoms with Crippen LogP contribution in [0.5, 0.6) is 0 Å². The van der Waals surface area contributed by atoms with Gasteiger partial charge in [0.05, 0.1) is 11.3 Å². The van der Waals surface area contributed by atoms with E-state index in [2.05, 4.69) is 15.3 Å². The average molecular weight is 334 g/mol. The van der Waals surface area contributed by atoms with E-state index in [0.29, 0.717) is 29.7 Å². The molecule has 0 saturated heterocycles. The van der Waals surface area contributed by atoms with Gasteiger partial charge in [-0.1, -0.05) is 13.0 Å². The second-order valence-corrected chi connectivity index (χ2v) is 5.07. The molecule has 5 nitrogen and oxygen atoms in total. The first kappa shape index (κ1) is 16.0. The Morgan fingerprint density at radius 3 is 2.67 bits per heavy atom. The number of rotatable bonds is 3. The molecule has 124 valence electrons. The minimum Gasteiger partial charge on any atom is -0.305 e. The van der Waals surface area contributed by atoms with Crippen molar-refractivity contribution in [2.45, 2.75) is 19.5 Å². The monoisotopic (exact) mass is 334 g/mol. The van der Waals surface area contributed by atoms with Crippen LogP contribution >= 0.6 is 0 Å². The van der Waals surface area contributed by atoms with Crippen LogP contribution < -0.4 is 5.32 Å². The molecule has 3 aromatic rings. The van der Waals surface area contributed by atoms with Crippen molar-refractivity contribution in [3.63, 3.8) is 0 Å². The number of nitrogens with zero attached hydrogens (tertiary/aromatic N) is 3. The van der Waals surface area contributed by atoms with Gasteiger partial charge in [0.1, 0.15) is 17.2 Å². The summed E-state index contributed by atoms with van der Waals surface area (Å²) < 4.78 is 39.3. The van der Waals surface area contributed by atoms with Crippen LogP contribution in [0.3, 0.4) is 0 Å². The molecule has 1 N–H and O–H groups in total. The molecule has 0 aliphatic carbocycles. The van der Waals surface area contributed by atoms with Crippen molar-refractivity contribution in [3.8, 4) is 0 Å². The molecule has 0 fully saturated rings. The maximum Gasteiger partial charge on any atom is 0.417 e. The molecule has 3 rings (SSSR count). The first-order valence-electron chi connectivity index (χ1n) is 7.20. The molecule has 0 radical (unpaired) electrons. The quantitative estimate of drug-likeness (QED) is 0.797. The van der Waals surface area contributed by atoms with Gasteiger partial charge in [0, 0.05) is 12.4 Å². The highest BCUT2D eigenvalue weighted by atomic mass is 19.4. The standard InChI is InChI=1S/C16H13F3N4O/c1-2-11-14(23-8-4-3-5-13(23)21-11)15(24)22-12-7-6-10(9-20-12)16(17,18)19/h3-9H,2H2,1H3,(H,20,22,24). The number of pyridine rings is 2. The van der Waals surface area contributed by atoms with Crippen molar-refractivity contribution in [1.29, 1.82) is 0 Å². The van der Waals surface area contributed by atoms with E-state index < -0.39 is 17.6 Å². The van der Waals surface area contributed by atoms with E-state index in [4.69, 9.17) is 0 Å². The highest BCUT2D eigenvalue weighted by Crippen LogP contribution is 2.29. The largest absolute Gasteiger partial charge is 0.417 e. The third-order valence-electron chi connectivity index (χ3n) is 3.48. The molecular weight excluding hydrogens is 321 g/mol. The van der Waals surface area contributed by atoms with Gasteiger partial charge in [-0.3, -0.25) is 9.20 Å². The molecular formula is C16H13F3N4O. The molecule has 0 aliphatic rings. The third kappa shape index (κ3) is 2.94. The second kappa shape index (κ2) is 5.95. The number of fused-ring (bicyclic) bond motifs is 1. The number of halogens is 3. The van der Waals surface area contributed by atoms with Crippen LogP contribution in [-0.4, -0.2) is 20.3 Å². The number of aryl methyl sites for hydroxylation is 1. The van der Waals surface area contributed by atoms with Crippen molar-refractivity contribution >= 4 is 17.4 Å². The van der Waals surface area contributed by atoms with Crippen molar-refractivity contribution in [3.05, 3.63) is 59.7 Å². The van der Waals surface area contributed by atoms with Gasteiger partial charge in [0.25, 0.3) is 5.91 Å². The topological polar surface area (TPSA) is 59.3 Å². The van der Waals surface area contributed by atoms with Crippen LogP contribution in [0.25, 0.3) is 5.65 Å². The summed E-state index contributed by atoms with van der Waals surface area (Å²) in [4.78, 5) is 20.5. The number of alkyl halides is 3. The maximum absolute atomic E-state index is 12.5. The molecule has 0 bridgehead atoms. The predicted molar refractivity (Wildman–Crippen MR) is 81.8 cm³/mol. The van der Waals surface area contributed by atoms with Crippen molar-refractivity contribution in [1.82, 2.24) is 14.4 Å². The van der Waals surface area contributed by atoms with Crippen LogP contribution in [-0.2, 0) is 12.6 Å². The van der Waals surface area contributed by atoms with Crippen LogP contribution in [0.1, 0.15) is 28.7 Å². The van der Waals surface area contributed by atoms with Gasteiger partial charge in [-0.25, -0.2) is 9.97 Å². The van der Waals surface area contributed by atoms with E-state index in [1.807, 2.05) is 6.92 Å². The van der Waals surface area contributed by atoms with Gasteiger partial charge in [-0.05, 0) is 30.7 Å². The average Bonchev–Trinajstić information content (AvgIpc) is 2.93. The van der Waals surface area contributed by atoms with Crippen LogP contribution in [0.4, 0.5) is 19.0 Å². The van der Waals surface area contributed by atoms with E-state index in [1.165, 1.54) is 0 Å². The van der Waals surface area contributed by atoms with Gasteiger partial charge < -0.3 is 5.32 Å². The summed E-state index contributed by atoms with van der Waals surface area (Å²) in [5.41, 5.74) is 0.699. The van der Waals surface area contributed by atoms with Crippen molar-refractivity contribution in [2.24, 2.45) is 0 Å². The normalized spacial score (nSPS) is 11.7. The number of amides is 1. The van der Waals surface area contributed by atoms with E-state index in [1.54, 1.807) is 28.8 Å². The summed E-state index contributed by atoms with van der Waals surface area (Å²) in [6.07, 6.45) is -1.53. The molecule has 24 heavy (non-hydrogen) atoms. The zero-order chi connectivity index (χ0) is 17.3. The highest BCUT2D eigenvalue weighted by Gasteiger charge is 2.30. The number of nitrogens with one attached hydrogen (secondary N) is 1. The van der Waals surface area contributed by atoms with Crippen molar-refractivity contribution < 1.29 is 18.0 Å². The van der Waals surface area contributed by atoms with E-state index in [-0.39, 0.29) is 5.82 Å². The first-order valence-corrected chi connectivity index (χ1v) is 7.20. The molecule has 8 heteroatoms. The molecule has 0 spiro atoms. The van der Waals surface area contributed by atoms with E-state index in [9.17, 15) is 18.0 Å². The fraction of sp³-hybridized carbons (Fsp3) is 0.188. The Kier molecular flexibility index (Phi) is 3.96. The Balaban J connectivity index is 1.90. The van der Waals surface area contributed by atoms with E-state index in [0.717, 1.165) is 12.1 Å². The van der Waals surface area contributed by atoms with Gasteiger partial charge >= 0.3 is 6.18 Å². The first-order chi connectivity index (χ1) is 11.4. The molecule has 3 heterocycles. The molecule has 0 aromatic carbocycles. The zero-order valence-corrected chi connectivity index (χ0v) is 12.6.